The third kappa shape index (κ3) is 30.2. The maximum atomic E-state index is 12.5. The molecule has 0 aromatic carbocycles. The van der Waals surface area contributed by atoms with E-state index >= 15 is 0 Å². The molecule has 6 nitrogen and oxygen atoms in total. The summed E-state index contributed by atoms with van der Waals surface area (Å²) in [5, 5.41) is 9.44. The molecule has 1 fully saturated rings. The van der Waals surface area contributed by atoms with Gasteiger partial charge < -0.3 is 19.5 Å². The second-order valence-corrected chi connectivity index (χ2v) is 16.7. The van der Waals surface area contributed by atoms with Crippen molar-refractivity contribution in [3.63, 3.8) is 0 Å². The van der Waals surface area contributed by atoms with E-state index in [0.717, 1.165) is 58.2 Å². The van der Waals surface area contributed by atoms with Crippen molar-refractivity contribution in [3.8, 4) is 0 Å². The molecule has 0 saturated heterocycles. The number of carbonyl (C=O) groups excluding carboxylic acids is 2. The molecule has 0 radical (unpaired) electrons. The summed E-state index contributed by atoms with van der Waals surface area (Å²) in [7, 11) is 0. The van der Waals surface area contributed by atoms with E-state index in [4.69, 9.17) is 9.47 Å². The van der Waals surface area contributed by atoms with Crippen LogP contribution >= 0.6 is 0 Å². The standard InChI is InChI=1S/C46H89NO5/c1-4-7-10-13-14-18-23-31-44(49)51-41-36-46(34-35-46)33-25-27-38-47(39-28-40-48)37-26-20-15-19-24-32-45(50)52-42-43(29-21-16-11-8-5-2)30-22-17-12-9-6-3/h43,48H,4-42H2,1-3H3. The molecule has 308 valence electrons. The van der Waals surface area contributed by atoms with Gasteiger partial charge in [-0.05, 0) is 95.1 Å². The summed E-state index contributed by atoms with van der Waals surface area (Å²) in [5.41, 5.74) is 0.422. The van der Waals surface area contributed by atoms with Gasteiger partial charge in [0.15, 0.2) is 0 Å². The summed E-state index contributed by atoms with van der Waals surface area (Å²) < 4.78 is 11.4. The van der Waals surface area contributed by atoms with Crippen LogP contribution in [-0.4, -0.2) is 61.4 Å². The Morgan fingerprint density at radius 2 is 0.981 bits per heavy atom. The van der Waals surface area contributed by atoms with Crippen LogP contribution in [0.5, 0.6) is 0 Å². The first-order valence-electron chi connectivity index (χ1n) is 23.1. The van der Waals surface area contributed by atoms with Crippen LogP contribution in [0.1, 0.15) is 233 Å². The molecule has 0 aromatic heterocycles. The Kier molecular flexibility index (Phi) is 33.4. The van der Waals surface area contributed by atoms with E-state index in [2.05, 4.69) is 25.7 Å². The van der Waals surface area contributed by atoms with Crippen molar-refractivity contribution in [2.45, 2.75) is 233 Å². The van der Waals surface area contributed by atoms with E-state index in [0.29, 0.717) is 37.4 Å². The van der Waals surface area contributed by atoms with Gasteiger partial charge in [-0.1, -0.05) is 149 Å². The summed E-state index contributed by atoms with van der Waals surface area (Å²) in [5.74, 6) is 0.541. The molecule has 1 aliphatic carbocycles. The monoisotopic (exact) mass is 736 g/mol. The zero-order valence-corrected chi connectivity index (χ0v) is 35.2. The van der Waals surface area contributed by atoms with Crippen LogP contribution in [0.4, 0.5) is 0 Å². The smallest absolute Gasteiger partial charge is 0.305 e. The van der Waals surface area contributed by atoms with Gasteiger partial charge >= 0.3 is 11.9 Å². The van der Waals surface area contributed by atoms with Crippen LogP contribution in [0.3, 0.4) is 0 Å². The molecule has 1 saturated carbocycles. The number of aliphatic hydroxyl groups is 1. The van der Waals surface area contributed by atoms with Gasteiger partial charge in [-0.15, -0.1) is 0 Å². The Balaban J connectivity index is 2.15. The summed E-state index contributed by atoms with van der Waals surface area (Å²) in [6, 6.07) is 0. The van der Waals surface area contributed by atoms with Gasteiger partial charge in [-0.3, -0.25) is 9.59 Å². The second kappa shape index (κ2) is 35.6. The summed E-state index contributed by atoms with van der Waals surface area (Å²) in [6.45, 7) is 11.4. The largest absolute Gasteiger partial charge is 0.466 e. The van der Waals surface area contributed by atoms with E-state index in [9.17, 15) is 14.7 Å². The van der Waals surface area contributed by atoms with Gasteiger partial charge in [0.25, 0.3) is 0 Å². The lowest BCUT2D eigenvalue weighted by Crippen LogP contribution is -2.28. The van der Waals surface area contributed by atoms with E-state index in [1.807, 2.05) is 0 Å². The number of aliphatic hydroxyl groups excluding tert-OH is 1. The predicted octanol–water partition coefficient (Wildman–Crippen LogP) is 12.9. The minimum Gasteiger partial charge on any atom is -0.466 e. The van der Waals surface area contributed by atoms with E-state index in [-0.39, 0.29) is 18.5 Å². The Morgan fingerprint density at radius 3 is 1.50 bits per heavy atom. The minimum absolute atomic E-state index is 0.00255. The molecule has 1 rings (SSSR count). The molecular weight excluding hydrogens is 647 g/mol. The first-order chi connectivity index (χ1) is 25.5. The molecule has 0 bridgehead atoms. The third-order valence-corrected chi connectivity index (χ3v) is 11.7. The fourth-order valence-electron chi connectivity index (χ4n) is 7.75. The maximum Gasteiger partial charge on any atom is 0.305 e. The van der Waals surface area contributed by atoms with Crippen molar-refractivity contribution in [2.24, 2.45) is 11.3 Å². The van der Waals surface area contributed by atoms with Crippen LogP contribution in [0.25, 0.3) is 0 Å². The van der Waals surface area contributed by atoms with Crippen LogP contribution in [0, 0.1) is 11.3 Å². The Morgan fingerprint density at radius 1 is 0.538 bits per heavy atom. The number of ether oxygens (including phenoxy) is 2. The van der Waals surface area contributed by atoms with Crippen molar-refractivity contribution < 1.29 is 24.2 Å². The summed E-state index contributed by atoms with van der Waals surface area (Å²) >= 11 is 0. The average Bonchev–Trinajstić information content (AvgIpc) is 3.92. The molecule has 0 aromatic rings. The second-order valence-electron chi connectivity index (χ2n) is 16.7. The lowest BCUT2D eigenvalue weighted by atomic mass is 9.95. The first-order valence-corrected chi connectivity index (χ1v) is 23.1. The van der Waals surface area contributed by atoms with Gasteiger partial charge in [0, 0.05) is 26.0 Å². The van der Waals surface area contributed by atoms with E-state index in [1.165, 1.54) is 161 Å². The van der Waals surface area contributed by atoms with Crippen LogP contribution in [0.15, 0.2) is 0 Å². The molecule has 6 heteroatoms. The molecule has 0 heterocycles. The van der Waals surface area contributed by atoms with Gasteiger partial charge in [-0.25, -0.2) is 0 Å². The lowest BCUT2D eigenvalue weighted by molar-refractivity contribution is -0.145. The predicted molar refractivity (Wildman–Crippen MR) is 221 cm³/mol. The number of carbonyl (C=O) groups is 2. The van der Waals surface area contributed by atoms with Crippen molar-refractivity contribution in [1.82, 2.24) is 4.90 Å². The topological polar surface area (TPSA) is 76.1 Å². The molecule has 52 heavy (non-hydrogen) atoms. The number of nitrogens with zero attached hydrogens (tertiary/aromatic N) is 1. The minimum atomic E-state index is -0.00255. The number of rotatable bonds is 41. The quantitative estimate of drug-likeness (QED) is 0.0498. The fraction of sp³-hybridized carbons (Fsp3) is 0.957. The molecule has 0 atom stereocenters. The number of esters is 2. The molecule has 0 spiro atoms. The summed E-state index contributed by atoms with van der Waals surface area (Å²) in [6.07, 6.45) is 38.9. The van der Waals surface area contributed by atoms with Gasteiger partial charge in [0.1, 0.15) is 0 Å². The third-order valence-electron chi connectivity index (χ3n) is 11.7. The fourth-order valence-corrected chi connectivity index (χ4v) is 7.75. The number of hydrogen-bond acceptors (Lipinski definition) is 6. The highest BCUT2D eigenvalue weighted by molar-refractivity contribution is 5.69. The van der Waals surface area contributed by atoms with Gasteiger partial charge in [-0.2, -0.15) is 0 Å². The highest BCUT2D eigenvalue weighted by atomic mass is 16.5. The van der Waals surface area contributed by atoms with Crippen LogP contribution < -0.4 is 0 Å². The molecule has 0 amide bonds. The Hall–Kier alpha value is -1.14. The average molecular weight is 736 g/mol. The van der Waals surface area contributed by atoms with Gasteiger partial charge in [0.2, 0.25) is 0 Å². The summed E-state index contributed by atoms with van der Waals surface area (Å²) in [4.78, 5) is 27.2. The van der Waals surface area contributed by atoms with Crippen LogP contribution in [0.2, 0.25) is 0 Å². The molecule has 1 aliphatic rings. The van der Waals surface area contributed by atoms with Crippen molar-refractivity contribution in [3.05, 3.63) is 0 Å². The molecule has 1 N–H and O–H groups in total. The lowest BCUT2D eigenvalue weighted by Gasteiger charge is -2.22. The van der Waals surface area contributed by atoms with Gasteiger partial charge in [0.05, 0.1) is 13.2 Å². The van der Waals surface area contributed by atoms with E-state index < -0.39 is 0 Å². The van der Waals surface area contributed by atoms with Crippen molar-refractivity contribution in [2.75, 3.05) is 39.5 Å². The highest BCUT2D eigenvalue weighted by Gasteiger charge is 2.41. The molecular formula is C46H89NO5. The van der Waals surface area contributed by atoms with Crippen molar-refractivity contribution in [1.29, 1.82) is 0 Å². The van der Waals surface area contributed by atoms with Crippen molar-refractivity contribution >= 4 is 11.9 Å². The number of hydrogen-bond donors (Lipinski definition) is 1. The zero-order valence-electron chi connectivity index (χ0n) is 35.2. The SMILES string of the molecule is CCCCCCCCCC(=O)OCCC1(CCCCN(CCCO)CCCCCCCC(=O)OCC(CCCCCCC)CCCCCCC)CC1. The normalized spacial score (nSPS) is 13.7. The van der Waals surface area contributed by atoms with Crippen LogP contribution in [-0.2, 0) is 19.1 Å². The Bertz CT molecular complexity index is 786. The first kappa shape index (κ1) is 48.9. The zero-order chi connectivity index (χ0) is 37.8. The van der Waals surface area contributed by atoms with E-state index in [1.54, 1.807) is 0 Å². The number of unbranched alkanes of at least 4 members (excludes halogenated alkanes) is 19. The molecule has 0 aliphatic heterocycles. The molecule has 0 unspecified atom stereocenters. The highest BCUT2D eigenvalue weighted by Crippen LogP contribution is 2.52. The maximum absolute atomic E-state index is 12.5. The Labute approximate surface area is 323 Å².